The summed E-state index contributed by atoms with van der Waals surface area (Å²) < 4.78 is 5.96. The van der Waals surface area contributed by atoms with Crippen molar-refractivity contribution in [2.75, 3.05) is 0 Å². The van der Waals surface area contributed by atoms with Gasteiger partial charge in [0.05, 0.1) is 0 Å². The van der Waals surface area contributed by atoms with Gasteiger partial charge in [-0.05, 0) is 12.8 Å². The topological polar surface area (TPSA) is 102 Å². The molecular weight excluding hydrogens is 240 g/mol. The molecule has 0 bridgehead atoms. The van der Waals surface area contributed by atoms with E-state index in [0.29, 0.717) is 16.9 Å². The van der Waals surface area contributed by atoms with Gasteiger partial charge in [0.2, 0.25) is 11.0 Å². The van der Waals surface area contributed by atoms with Crippen molar-refractivity contribution in [3.8, 4) is 5.13 Å². The minimum absolute atomic E-state index is 0.0434. The van der Waals surface area contributed by atoms with Crippen molar-refractivity contribution in [3.05, 3.63) is 24.0 Å². The molecule has 0 unspecified atom stereocenters. The van der Waals surface area contributed by atoms with Crippen molar-refractivity contribution < 1.29 is 5.21 Å². The number of aromatic nitrogens is 4. The lowest BCUT2D eigenvalue weighted by molar-refractivity contribution is 0.318. The molecule has 0 atom stereocenters. The molecule has 0 amide bonds. The Morgan fingerprint density at radius 1 is 1.59 bits per heavy atom. The lowest BCUT2D eigenvalue weighted by Crippen LogP contribution is -2.18. The van der Waals surface area contributed by atoms with Crippen molar-refractivity contribution >= 4 is 17.4 Å². The van der Waals surface area contributed by atoms with E-state index in [1.54, 1.807) is 17.0 Å². The highest BCUT2D eigenvalue weighted by molar-refractivity contribution is 7.08. The van der Waals surface area contributed by atoms with Crippen LogP contribution in [-0.2, 0) is 0 Å². The Balaban J connectivity index is 1.99. The summed E-state index contributed by atoms with van der Waals surface area (Å²) in [4.78, 5) is 8.45. The van der Waals surface area contributed by atoms with Gasteiger partial charge in [-0.3, -0.25) is 4.57 Å². The Kier molecular flexibility index (Phi) is 2.29. The van der Waals surface area contributed by atoms with E-state index in [2.05, 4.69) is 19.5 Å². The maximum Gasteiger partial charge on any atom is 0.215 e. The van der Waals surface area contributed by atoms with Gasteiger partial charge in [0.1, 0.15) is 5.82 Å². The van der Waals surface area contributed by atoms with Crippen LogP contribution in [0.25, 0.3) is 5.13 Å². The summed E-state index contributed by atoms with van der Waals surface area (Å²) in [6.07, 6.45) is 5.61. The Bertz CT molecular complexity index is 570. The number of hydrogen-bond donors (Lipinski definition) is 2. The van der Waals surface area contributed by atoms with Crippen LogP contribution in [0.15, 0.2) is 17.5 Å². The Morgan fingerprint density at radius 2 is 2.41 bits per heavy atom. The van der Waals surface area contributed by atoms with Crippen LogP contribution in [0.4, 0.5) is 0 Å². The van der Waals surface area contributed by atoms with Crippen LogP contribution >= 0.6 is 11.5 Å². The van der Waals surface area contributed by atoms with Gasteiger partial charge in [-0.15, -0.1) is 0 Å². The second-order valence-corrected chi connectivity index (χ2v) is 4.55. The van der Waals surface area contributed by atoms with Crippen LogP contribution < -0.4 is 5.73 Å². The third-order valence-corrected chi connectivity index (χ3v) is 3.29. The number of amidine groups is 1. The van der Waals surface area contributed by atoms with Crippen molar-refractivity contribution in [2.45, 2.75) is 18.8 Å². The summed E-state index contributed by atoms with van der Waals surface area (Å²) in [5, 5.41) is 12.3. The van der Waals surface area contributed by atoms with Gasteiger partial charge in [0, 0.05) is 29.8 Å². The molecule has 0 aromatic carbocycles. The number of imidazole rings is 1. The van der Waals surface area contributed by atoms with Crippen molar-refractivity contribution in [1.82, 2.24) is 18.9 Å². The number of hydrogen-bond acceptors (Lipinski definition) is 6. The van der Waals surface area contributed by atoms with Gasteiger partial charge in [-0.2, -0.15) is 4.37 Å². The minimum Gasteiger partial charge on any atom is -0.409 e. The molecule has 0 spiro atoms. The number of rotatable bonds is 3. The van der Waals surface area contributed by atoms with E-state index in [9.17, 15) is 0 Å². The molecule has 1 aliphatic carbocycles. The van der Waals surface area contributed by atoms with Crippen LogP contribution in [0, 0.1) is 0 Å². The number of nitrogens with zero attached hydrogens (tertiary/aromatic N) is 5. The van der Waals surface area contributed by atoms with E-state index in [4.69, 9.17) is 10.9 Å². The Morgan fingerprint density at radius 3 is 3.12 bits per heavy atom. The molecule has 1 fully saturated rings. The van der Waals surface area contributed by atoms with E-state index in [-0.39, 0.29) is 5.84 Å². The third kappa shape index (κ3) is 1.76. The second kappa shape index (κ2) is 3.81. The molecule has 3 rings (SSSR count). The highest BCUT2D eigenvalue weighted by Crippen LogP contribution is 2.39. The summed E-state index contributed by atoms with van der Waals surface area (Å²) in [7, 11) is 0. The normalized spacial score (nSPS) is 16.4. The van der Waals surface area contributed by atoms with Gasteiger partial charge in [-0.1, -0.05) is 5.16 Å². The summed E-state index contributed by atoms with van der Waals surface area (Å²) >= 11 is 1.29. The van der Waals surface area contributed by atoms with E-state index in [1.165, 1.54) is 11.5 Å². The molecule has 2 aromatic rings. The quantitative estimate of drug-likeness (QED) is 0.361. The first-order valence-electron chi connectivity index (χ1n) is 5.15. The van der Waals surface area contributed by atoms with Gasteiger partial charge in [0.25, 0.3) is 0 Å². The molecule has 2 heterocycles. The van der Waals surface area contributed by atoms with Gasteiger partial charge in [-0.25, -0.2) is 9.97 Å². The fourth-order valence-electron chi connectivity index (χ4n) is 1.52. The molecule has 2 aromatic heterocycles. The van der Waals surface area contributed by atoms with Crippen molar-refractivity contribution in [3.63, 3.8) is 0 Å². The van der Waals surface area contributed by atoms with Crippen LogP contribution in [0.2, 0.25) is 0 Å². The Labute approximate surface area is 101 Å². The first kappa shape index (κ1) is 10.2. The summed E-state index contributed by atoms with van der Waals surface area (Å²) in [5.41, 5.74) is 5.53. The van der Waals surface area contributed by atoms with Gasteiger partial charge in [0.15, 0.2) is 5.82 Å². The summed E-state index contributed by atoms with van der Waals surface area (Å²) in [6, 6.07) is 0. The zero-order valence-corrected chi connectivity index (χ0v) is 9.63. The van der Waals surface area contributed by atoms with Gasteiger partial charge >= 0.3 is 0 Å². The van der Waals surface area contributed by atoms with E-state index in [0.717, 1.165) is 18.7 Å². The van der Waals surface area contributed by atoms with Crippen LogP contribution in [-0.4, -0.2) is 30.0 Å². The molecule has 88 valence electrons. The molecule has 8 heteroatoms. The van der Waals surface area contributed by atoms with Crippen LogP contribution in [0.5, 0.6) is 0 Å². The number of nitrogens with two attached hydrogens (primary N) is 1. The fraction of sp³-hybridized carbons (Fsp3) is 0.333. The van der Waals surface area contributed by atoms with Crippen LogP contribution in [0.1, 0.15) is 30.4 Å². The zero-order chi connectivity index (χ0) is 11.8. The highest BCUT2D eigenvalue weighted by Gasteiger charge is 2.28. The second-order valence-electron chi connectivity index (χ2n) is 3.82. The van der Waals surface area contributed by atoms with E-state index in [1.807, 2.05) is 0 Å². The molecular formula is C9H10N6OS. The largest absolute Gasteiger partial charge is 0.409 e. The van der Waals surface area contributed by atoms with Crippen molar-refractivity contribution in [1.29, 1.82) is 0 Å². The van der Waals surface area contributed by atoms with E-state index >= 15 is 0 Å². The molecule has 17 heavy (non-hydrogen) atoms. The lowest BCUT2D eigenvalue weighted by atomic mass is 10.4. The minimum atomic E-state index is -0.0434. The van der Waals surface area contributed by atoms with Crippen LogP contribution in [0.3, 0.4) is 0 Å². The Hall–Kier alpha value is -1.96. The first-order chi connectivity index (χ1) is 8.29. The molecule has 3 N–H and O–H groups in total. The maximum atomic E-state index is 8.66. The predicted octanol–water partition coefficient (Wildman–Crippen LogP) is 0.696. The monoisotopic (exact) mass is 250 g/mol. The SMILES string of the molecule is NC(=NO)c1nccn1-c1nc(C2CC2)ns1. The third-order valence-electron chi connectivity index (χ3n) is 2.56. The average molecular weight is 250 g/mol. The average Bonchev–Trinajstić information content (AvgIpc) is 2.91. The first-order valence-corrected chi connectivity index (χ1v) is 5.92. The van der Waals surface area contributed by atoms with Gasteiger partial charge < -0.3 is 10.9 Å². The molecule has 0 radical (unpaired) electrons. The molecule has 1 aliphatic rings. The predicted molar refractivity (Wildman–Crippen MR) is 61.5 cm³/mol. The summed E-state index contributed by atoms with van der Waals surface area (Å²) in [5.74, 6) is 1.71. The maximum absolute atomic E-state index is 8.66. The van der Waals surface area contributed by atoms with E-state index < -0.39 is 0 Å². The fourth-order valence-corrected chi connectivity index (χ4v) is 2.26. The smallest absolute Gasteiger partial charge is 0.215 e. The lowest BCUT2D eigenvalue weighted by Gasteiger charge is -2.00. The zero-order valence-electron chi connectivity index (χ0n) is 8.82. The summed E-state index contributed by atoms with van der Waals surface area (Å²) in [6.45, 7) is 0. The molecule has 0 aliphatic heterocycles. The number of oxime groups is 1. The standard InChI is InChI=1S/C9H10N6OS/c10-6(13-16)8-11-3-4-15(8)9-12-7(14-17-9)5-1-2-5/h3-5,16H,1-2H2,(H2,10,13). The molecule has 1 saturated carbocycles. The van der Waals surface area contributed by atoms with Crippen molar-refractivity contribution in [2.24, 2.45) is 10.9 Å². The molecule has 7 nitrogen and oxygen atoms in total. The highest BCUT2D eigenvalue weighted by atomic mass is 32.1. The molecule has 0 saturated heterocycles.